The van der Waals surface area contributed by atoms with E-state index < -0.39 is 0 Å². The quantitative estimate of drug-likeness (QED) is 0.409. The highest BCUT2D eigenvalue weighted by Crippen LogP contribution is 2.24. The first kappa shape index (κ1) is 20.0. The zero-order valence-electron chi connectivity index (χ0n) is 17.3. The molecule has 0 aliphatic heterocycles. The van der Waals surface area contributed by atoms with Crippen LogP contribution in [-0.2, 0) is 13.1 Å². The van der Waals surface area contributed by atoms with E-state index in [1.54, 1.807) is 28.1 Å². The van der Waals surface area contributed by atoms with E-state index in [4.69, 9.17) is 5.73 Å². The van der Waals surface area contributed by atoms with Gasteiger partial charge < -0.3 is 10.6 Å². The summed E-state index contributed by atoms with van der Waals surface area (Å²) in [6.45, 7) is 0.981. The molecule has 0 saturated carbocycles. The maximum Gasteiger partial charge on any atom is 0.256 e. The lowest BCUT2D eigenvalue weighted by molar-refractivity contribution is 0.0729. The minimum Gasteiger partial charge on any atom is -0.396 e. The molecule has 0 aliphatic carbocycles. The maximum absolute atomic E-state index is 13.6. The van der Waals surface area contributed by atoms with Crippen LogP contribution in [0.15, 0.2) is 90.4 Å². The van der Waals surface area contributed by atoms with Crippen molar-refractivity contribution >= 4 is 28.6 Å². The number of amides is 1. The molecule has 0 saturated heterocycles. The van der Waals surface area contributed by atoms with Gasteiger partial charge in [0.25, 0.3) is 5.91 Å². The highest BCUT2D eigenvalue weighted by atomic mass is 32.1. The molecule has 5 aromatic rings. The number of carbonyl (C=O) groups is 1. The Morgan fingerprint density at radius 3 is 2.19 bits per heavy atom. The highest BCUT2D eigenvalue weighted by molar-refractivity contribution is 7.13. The van der Waals surface area contributed by atoms with Crippen LogP contribution < -0.4 is 5.73 Å². The molecule has 7 heteroatoms. The SMILES string of the molecule is Nc1cc(C(=O)N(Cc2ccccc2)Cc2ccccc2)cn2nc(-c3cccs3)nc12. The number of hydrogen-bond donors (Lipinski definition) is 1. The zero-order chi connectivity index (χ0) is 21.9. The van der Waals surface area contributed by atoms with Gasteiger partial charge in [-0.2, -0.15) is 0 Å². The van der Waals surface area contributed by atoms with E-state index in [1.165, 1.54) is 0 Å². The standard InChI is InChI=1S/C25H21N5OS/c26-21-14-20(17-30-24(21)27-23(28-30)22-12-7-13-32-22)25(31)29(15-18-8-3-1-4-9-18)16-19-10-5-2-6-11-19/h1-14,17H,15-16,26H2. The summed E-state index contributed by atoms with van der Waals surface area (Å²) in [5.41, 5.74) is 9.84. The van der Waals surface area contributed by atoms with Crippen LogP contribution in [0.2, 0.25) is 0 Å². The number of rotatable bonds is 6. The van der Waals surface area contributed by atoms with Crippen LogP contribution in [0.3, 0.4) is 0 Å². The molecule has 0 aliphatic rings. The van der Waals surface area contributed by atoms with E-state index in [-0.39, 0.29) is 5.91 Å². The number of nitrogen functional groups attached to an aromatic ring is 1. The van der Waals surface area contributed by atoms with Crippen LogP contribution in [0.5, 0.6) is 0 Å². The van der Waals surface area contributed by atoms with E-state index in [9.17, 15) is 4.79 Å². The van der Waals surface area contributed by atoms with Gasteiger partial charge in [-0.3, -0.25) is 4.79 Å². The molecule has 2 N–H and O–H groups in total. The molecule has 5 rings (SSSR count). The summed E-state index contributed by atoms with van der Waals surface area (Å²) in [5, 5.41) is 6.53. The van der Waals surface area contributed by atoms with Crippen molar-refractivity contribution in [1.29, 1.82) is 0 Å². The molecule has 0 bridgehead atoms. The summed E-state index contributed by atoms with van der Waals surface area (Å²) in [7, 11) is 0. The normalized spacial score (nSPS) is 11.0. The van der Waals surface area contributed by atoms with Gasteiger partial charge in [0.05, 0.1) is 16.1 Å². The Morgan fingerprint density at radius 2 is 1.59 bits per heavy atom. The Morgan fingerprint density at radius 1 is 0.938 bits per heavy atom. The Kier molecular flexibility index (Phi) is 5.39. The van der Waals surface area contributed by atoms with Crippen LogP contribution in [0.4, 0.5) is 5.69 Å². The average Bonchev–Trinajstić information content (AvgIpc) is 3.50. The minimum absolute atomic E-state index is 0.112. The lowest BCUT2D eigenvalue weighted by atomic mass is 10.1. The molecule has 0 spiro atoms. The number of aromatic nitrogens is 3. The topological polar surface area (TPSA) is 76.5 Å². The molecule has 0 radical (unpaired) electrons. The third-order valence-corrected chi connectivity index (χ3v) is 6.04. The summed E-state index contributed by atoms with van der Waals surface area (Å²) in [6.07, 6.45) is 1.71. The summed E-state index contributed by atoms with van der Waals surface area (Å²) < 4.78 is 1.60. The van der Waals surface area contributed by atoms with Gasteiger partial charge in [-0.1, -0.05) is 66.7 Å². The molecular formula is C25H21N5OS. The first-order chi connectivity index (χ1) is 15.7. The molecule has 0 unspecified atom stereocenters. The van der Waals surface area contributed by atoms with E-state index in [2.05, 4.69) is 10.1 Å². The minimum atomic E-state index is -0.112. The number of carbonyl (C=O) groups excluding carboxylic acids is 1. The smallest absolute Gasteiger partial charge is 0.256 e. The zero-order valence-corrected chi connectivity index (χ0v) is 18.1. The number of fused-ring (bicyclic) bond motifs is 1. The van der Waals surface area contributed by atoms with Crippen molar-refractivity contribution in [2.24, 2.45) is 0 Å². The van der Waals surface area contributed by atoms with E-state index in [1.807, 2.05) is 83.1 Å². The number of benzene rings is 2. The monoisotopic (exact) mass is 439 g/mol. The molecule has 6 nitrogen and oxygen atoms in total. The lowest BCUT2D eigenvalue weighted by Gasteiger charge is -2.23. The first-order valence-corrected chi connectivity index (χ1v) is 11.1. The predicted molar refractivity (Wildman–Crippen MR) is 127 cm³/mol. The Hall–Kier alpha value is -3.97. The van der Waals surface area contributed by atoms with Crippen LogP contribution in [0.25, 0.3) is 16.3 Å². The first-order valence-electron chi connectivity index (χ1n) is 10.2. The molecule has 1 amide bonds. The van der Waals surface area contributed by atoms with Gasteiger partial charge in [-0.15, -0.1) is 16.4 Å². The molecule has 0 atom stereocenters. The Bertz CT molecular complexity index is 1310. The van der Waals surface area contributed by atoms with Gasteiger partial charge in [-0.25, -0.2) is 9.50 Å². The van der Waals surface area contributed by atoms with Gasteiger partial charge >= 0.3 is 0 Å². The van der Waals surface area contributed by atoms with Crippen molar-refractivity contribution in [2.45, 2.75) is 13.1 Å². The van der Waals surface area contributed by atoms with Gasteiger partial charge in [-0.05, 0) is 28.6 Å². The fourth-order valence-corrected chi connectivity index (χ4v) is 4.28. The van der Waals surface area contributed by atoms with Gasteiger partial charge in [0.1, 0.15) is 0 Å². The summed E-state index contributed by atoms with van der Waals surface area (Å²) >= 11 is 1.56. The molecule has 3 heterocycles. The number of pyridine rings is 1. The van der Waals surface area contributed by atoms with Crippen molar-refractivity contribution in [3.8, 4) is 10.7 Å². The largest absolute Gasteiger partial charge is 0.396 e. The molecule has 158 valence electrons. The highest BCUT2D eigenvalue weighted by Gasteiger charge is 2.20. The summed E-state index contributed by atoms with van der Waals surface area (Å²) in [6, 6.07) is 25.5. The Labute approximate surface area is 189 Å². The number of hydrogen-bond acceptors (Lipinski definition) is 5. The number of nitrogens with zero attached hydrogens (tertiary/aromatic N) is 4. The van der Waals surface area contributed by atoms with E-state index in [0.717, 1.165) is 16.0 Å². The van der Waals surface area contributed by atoms with E-state index >= 15 is 0 Å². The molecule has 32 heavy (non-hydrogen) atoms. The molecular weight excluding hydrogens is 418 g/mol. The summed E-state index contributed by atoms with van der Waals surface area (Å²) in [4.78, 5) is 20.9. The second-order valence-electron chi connectivity index (χ2n) is 7.50. The van der Waals surface area contributed by atoms with Crippen LogP contribution in [0, 0.1) is 0 Å². The summed E-state index contributed by atoms with van der Waals surface area (Å²) in [5.74, 6) is 0.487. The van der Waals surface area contributed by atoms with Gasteiger partial charge in [0.15, 0.2) is 11.5 Å². The number of nitrogens with two attached hydrogens (primary N) is 1. The second kappa shape index (κ2) is 8.64. The molecule has 2 aromatic carbocycles. The molecule has 3 aromatic heterocycles. The van der Waals surface area contributed by atoms with Crippen molar-refractivity contribution in [1.82, 2.24) is 19.5 Å². The van der Waals surface area contributed by atoms with Crippen molar-refractivity contribution in [3.05, 3.63) is 107 Å². The third-order valence-electron chi connectivity index (χ3n) is 5.17. The predicted octanol–water partition coefficient (Wildman–Crippen LogP) is 4.88. The van der Waals surface area contributed by atoms with Crippen LogP contribution in [0.1, 0.15) is 21.5 Å². The number of anilines is 1. The fourth-order valence-electron chi connectivity index (χ4n) is 3.63. The van der Waals surface area contributed by atoms with Crippen LogP contribution >= 0.6 is 11.3 Å². The van der Waals surface area contributed by atoms with Crippen molar-refractivity contribution in [3.63, 3.8) is 0 Å². The third kappa shape index (κ3) is 4.10. The second-order valence-corrected chi connectivity index (χ2v) is 8.45. The lowest BCUT2D eigenvalue weighted by Crippen LogP contribution is -2.30. The molecule has 0 fully saturated rings. The maximum atomic E-state index is 13.6. The van der Waals surface area contributed by atoms with Crippen molar-refractivity contribution in [2.75, 3.05) is 5.73 Å². The van der Waals surface area contributed by atoms with Crippen LogP contribution in [-0.4, -0.2) is 25.4 Å². The average molecular weight is 440 g/mol. The fraction of sp³-hybridized carbons (Fsp3) is 0.0800. The van der Waals surface area contributed by atoms with Gasteiger partial charge in [0, 0.05) is 19.3 Å². The van der Waals surface area contributed by atoms with E-state index in [0.29, 0.717) is 35.8 Å². The van der Waals surface area contributed by atoms with Gasteiger partial charge in [0.2, 0.25) is 0 Å². The Balaban J connectivity index is 1.50. The number of thiophene rings is 1. The van der Waals surface area contributed by atoms with Crippen molar-refractivity contribution < 1.29 is 4.79 Å².